The highest BCUT2D eigenvalue weighted by atomic mass is 16.2. The third-order valence-corrected chi connectivity index (χ3v) is 5.70. The summed E-state index contributed by atoms with van der Waals surface area (Å²) in [7, 11) is 0. The molecule has 3 atom stereocenters. The van der Waals surface area contributed by atoms with E-state index in [1.165, 1.54) is 0 Å². The predicted molar refractivity (Wildman–Crippen MR) is 97.6 cm³/mol. The van der Waals surface area contributed by atoms with Crippen LogP contribution >= 0.6 is 0 Å². The molecule has 1 fully saturated rings. The Hall–Kier alpha value is -2.36. The molecule has 2 aliphatic heterocycles. The Morgan fingerprint density at radius 3 is 2.64 bits per heavy atom. The predicted octanol–water partition coefficient (Wildman–Crippen LogP) is 2.99. The number of carbonyl (C=O) groups excluding carboxylic acids is 1. The van der Waals surface area contributed by atoms with Crippen LogP contribution in [0.25, 0.3) is 0 Å². The summed E-state index contributed by atoms with van der Waals surface area (Å²) in [5.41, 5.74) is 2.28. The van der Waals surface area contributed by atoms with Crippen LogP contribution in [0.15, 0.2) is 53.3 Å². The number of piperidine rings is 1. The number of benzene rings is 1. The van der Waals surface area contributed by atoms with E-state index in [0.29, 0.717) is 5.92 Å². The number of aromatic nitrogens is 1. The first kappa shape index (κ1) is 16.1. The van der Waals surface area contributed by atoms with E-state index >= 15 is 0 Å². The summed E-state index contributed by atoms with van der Waals surface area (Å²) in [6.45, 7) is 4.30. The fourth-order valence-corrected chi connectivity index (χ4v) is 4.54. The Morgan fingerprint density at radius 1 is 1.08 bits per heavy atom. The maximum Gasteiger partial charge on any atom is 0.250 e. The van der Waals surface area contributed by atoms with Crippen molar-refractivity contribution in [2.75, 3.05) is 13.1 Å². The van der Waals surface area contributed by atoms with E-state index in [0.717, 1.165) is 43.7 Å². The normalized spacial score (nSPS) is 23.0. The topological polar surface area (TPSA) is 42.3 Å². The summed E-state index contributed by atoms with van der Waals surface area (Å²) in [5.74, 6) is 0.815. The number of hydrogen-bond donors (Lipinski definition) is 0. The lowest BCUT2D eigenvalue weighted by Crippen LogP contribution is -2.50. The molecule has 0 spiro atoms. The second-order valence-electron chi connectivity index (χ2n) is 7.31. The smallest absolute Gasteiger partial charge is 0.250 e. The van der Waals surface area contributed by atoms with Crippen LogP contribution < -0.4 is 5.56 Å². The Balaban J connectivity index is 1.59. The first-order valence-corrected chi connectivity index (χ1v) is 9.21. The molecule has 1 saturated heterocycles. The number of nitrogens with zero attached hydrogens (tertiary/aromatic N) is 2. The molecule has 2 aliphatic rings. The SMILES string of the molecule is CCC(C(=O)N1C[C@@H]2C[C@H](C1)c1cccc(=O)n1C2)c1ccccc1. The van der Waals surface area contributed by atoms with Crippen molar-refractivity contribution in [3.05, 3.63) is 70.1 Å². The van der Waals surface area contributed by atoms with Crippen LogP contribution in [0.5, 0.6) is 0 Å². The van der Waals surface area contributed by atoms with Crippen LogP contribution in [-0.4, -0.2) is 28.5 Å². The average molecular weight is 336 g/mol. The molecule has 0 radical (unpaired) electrons. The molecule has 4 nitrogen and oxygen atoms in total. The second kappa shape index (κ2) is 6.51. The Morgan fingerprint density at radius 2 is 1.88 bits per heavy atom. The third-order valence-electron chi connectivity index (χ3n) is 5.70. The molecule has 3 heterocycles. The molecule has 0 N–H and O–H groups in total. The zero-order chi connectivity index (χ0) is 17.4. The van der Waals surface area contributed by atoms with Crippen LogP contribution in [0.1, 0.15) is 42.9 Å². The molecule has 2 aromatic rings. The monoisotopic (exact) mass is 336 g/mol. The molecule has 4 heteroatoms. The number of pyridine rings is 1. The van der Waals surface area contributed by atoms with Crippen LogP contribution in [-0.2, 0) is 11.3 Å². The quantitative estimate of drug-likeness (QED) is 0.865. The molecule has 130 valence electrons. The second-order valence-corrected chi connectivity index (χ2v) is 7.31. The first-order valence-electron chi connectivity index (χ1n) is 9.21. The molecular formula is C21H24N2O2. The molecule has 1 aromatic heterocycles. The highest BCUT2D eigenvalue weighted by Crippen LogP contribution is 2.36. The van der Waals surface area contributed by atoms with E-state index in [1.54, 1.807) is 6.07 Å². The Kier molecular flexibility index (Phi) is 4.20. The standard InChI is InChI=1S/C21H24N2O2/c1-2-18(16-7-4-3-5-8-16)21(25)22-12-15-11-17(14-22)19-9-6-10-20(24)23(19)13-15/h3-10,15,17-18H,2,11-14H2,1H3/t15-,17+,18?/m0/s1. The minimum absolute atomic E-state index is 0.0713. The number of fused-ring (bicyclic) bond motifs is 4. The number of hydrogen-bond acceptors (Lipinski definition) is 2. The maximum absolute atomic E-state index is 13.2. The number of likely N-dealkylation sites (tertiary alicyclic amines) is 1. The van der Waals surface area contributed by atoms with Crippen LogP contribution in [0.4, 0.5) is 0 Å². The highest BCUT2D eigenvalue weighted by molar-refractivity contribution is 5.84. The first-order chi connectivity index (χ1) is 12.2. The van der Waals surface area contributed by atoms with Crippen molar-refractivity contribution >= 4 is 5.91 Å². The van der Waals surface area contributed by atoms with Gasteiger partial charge in [-0.15, -0.1) is 0 Å². The number of amides is 1. The minimum Gasteiger partial charge on any atom is -0.341 e. The molecule has 1 amide bonds. The van der Waals surface area contributed by atoms with Gasteiger partial charge in [0.1, 0.15) is 0 Å². The van der Waals surface area contributed by atoms with Crippen molar-refractivity contribution in [3.8, 4) is 0 Å². The fraction of sp³-hybridized carbons (Fsp3) is 0.429. The molecule has 2 bridgehead atoms. The molecule has 1 unspecified atom stereocenters. The summed E-state index contributed by atoms with van der Waals surface area (Å²) >= 11 is 0. The average Bonchev–Trinajstić information content (AvgIpc) is 2.64. The molecule has 1 aromatic carbocycles. The zero-order valence-electron chi connectivity index (χ0n) is 14.6. The molecule has 0 aliphatic carbocycles. The zero-order valence-corrected chi connectivity index (χ0v) is 14.6. The van der Waals surface area contributed by atoms with E-state index < -0.39 is 0 Å². The van der Waals surface area contributed by atoms with Gasteiger partial charge in [-0.2, -0.15) is 0 Å². The summed E-state index contributed by atoms with van der Waals surface area (Å²) in [5, 5.41) is 0. The lowest BCUT2D eigenvalue weighted by atomic mass is 9.82. The van der Waals surface area contributed by atoms with Crippen molar-refractivity contribution in [2.24, 2.45) is 5.92 Å². The van der Waals surface area contributed by atoms with Gasteiger partial charge in [-0.1, -0.05) is 43.3 Å². The van der Waals surface area contributed by atoms with E-state index in [-0.39, 0.29) is 23.3 Å². The van der Waals surface area contributed by atoms with Crippen LogP contribution in [0.3, 0.4) is 0 Å². The molecule has 0 saturated carbocycles. The van der Waals surface area contributed by atoms with E-state index in [2.05, 4.69) is 6.92 Å². The summed E-state index contributed by atoms with van der Waals surface area (Å²) in [6, 6.07) is 15.6. The van der Waals surface area contributed by atoms with Crippen molar-refractivity contribution in [1.82, 2.24) is 9.47 Å². The molecular weight excluding hydrogens is 312 g/mol. The molecule has 25 heavy (non-hydrogen) atoms. The summed E-state index contributed by atoms with van der Waals surface area (Å²) in [4.78, 5) is 27.4. The maximum atomic E-state index is 13.2. The number of rotatable bonds is 3. The van der Waals surface area contributed by atoms with Crippen molar-refractivity contribution in [3.63, 3.8) is 0 Å². The van der Waals surface area contributed by atoms with Crippen LogP contribution in [0.2, 0.25) is 0 Å². The summed E-state index contributed by atoms with van der Waals surface area (Å²) < 4.78 is 1.91. The van der Waals surface area contributed by atoms with Crippen LogP contribution in [0, 0.1) is 5.92 Å². The van der Waals surface area contributed by atoms with Gasteiger partial charge >= 0.3 is 0 Å². The van der Waals surface area contributed by atoms with Gasteiger partial charge in [0, 0.05) is 37.3 Å². The number of carbonyl (C=O) groups is 1. The fourth-order valence-electron chi connectivity index (χ4n) is 4.54. The Bertz CT molecular complexity index is 827. The lowest BCUT2D eigenvalue weighted by Gasteiger charge is -2.43. The van der Waals surface area contributed by atoms with Gasteiger partial charge in [0.2, 0.25) is 5.91 Å². The minimum atomic E-state index is -0.0713. The Labute approximate surface area is 148 Å². The van der Waals surface area contributed by atoms with E-state index in [9.17, 15) is 9.59 Å². The summed E-state index contributed by atoms with van der Waals surface area (Å²) in [6.07, 6.45) is 1.89. The van der Waals surface area contributed by atoms with Gasteiger partial charge in [-0.05, 0) is 30.4 Å². The van der Waals surface area contributed by atoms with Crippen molar-refractivity contribution in [1.29, 1.82) is 0 Å². The lowest BCUT2D eigenvalue weighted by molar-refractivity contribution is -0.135. The highest BCUT2D eigenvalue weighted by Gasteiger charge is 2.37. The largest absolute Gasteiger partial charge is 0.341 e. The molecule has 4 rings (SSSR count). The van der Waals surface area contributed by atoms with E-state index in [1.807, 2.05) is 51.9 Å². The van der Waals surface area contributed by atoms with Crippen molar-refractivity contribution in [2.45, 2.75) is 38.1 Å². The van der Waals surface area contributed by atoms with E-state index in [4.69, 9.17) is 0 Å². The van der Waals surface area contributed by atoms with Gasteiger partial charge in [-0.3, -0.25) is 9.59 Å². The van der Waals surface area contributed by atoms with Gasteiger partial charge in [-0.25, -0.2) is 0 Å². The van der Waals surface area contributed by atoms with Crippen molar-refractivity contribution < 1.29 is 4.79 Å². The van der Waals surface area contributed by atoms with Gasteiger partial charge in [0.25, 0.3) is 5.56 Å². The third kappa shape index (κ3) is 2.90. The van der Waals surface area contributed by atoms with Gasteiger partial charge in [0.15, 0.2) is 0 Å². The van der Waals surface area contributed by atoms with Gasteiger partial charge in [0.05, 0.1) is 5.92 Å². The van der Waals surface area contributed by atoms with Gasteiger partial charge < -0.3 is 9.47 Å².